The Morgan fingerprint density at radius 3 is 2.67 bits per heavy atom. The van der Waals surface area contributed by atoms with E-state index in [1.54, 1.807) is 13.2 Å². The predicted octanol–water partition coefficient (Wildman–Crippen LogP) is 3.31. The topological polar surface area (TPSA) is 67.5 Å². The molecule has 0 fully saturated rings. The molecule has 5 heteroatoms. The minimum atomic E-state index is 0.525. The Labute approximate surface area is 121 Å². The van der Waals surface area contributed by atoms with Gasteiger partial charge >= 0.3 is 0 Å². The number of fused-ring (bicyclic) bond motifs is 1. The van der Waals surface area contributed by atoms with Gasteiger partial charge in [0.25, 0.3) is 0 Å². The molecule has 1 heterocycles. The quantitative estimate of drug-likeness (QED) is 0.718. The first-order valence-corrected chi connectivity index (χ1v) is 6.42. The number of benzene rings is 2. The van der Waals surface area contributed by atoms with Gasteiger partial charge in [0.1, 0.15) is 11.4 Å². The van der Waals surface area contributed by atoms with Crippen LogP contribution in [-0.2, 0) is 0 Å². The fourth-order valence-corrected chi connectivity index (χ4v) is 2.10. The van der Waals surface area contributed by atoms with Crippen LogP contribution in [0.4, 0.5) is 0 Å². The van der Waals surface area contributed by atoms with Crippen molar-refractivity contribution < 1.29 is 14.5 Å². The molecule has 5 nitrogen and oxygen atoms in total. The molecule has 0 radical (unpaired) electrons. The zero-order valence-corrected chi connectivity index (χ0v) is 11.4. The predicted molar refractivity (Wildman–Crippen MR) is 79.8 cm³/mol. The van der Waals surface area contributed by atoms with Crippen molar-refractivity contribution in [2.75, 3.05) is 7.11 Å². The van der Waals surface area contributed by atoms with Crippen LogP contribution < -0.4 is 10.2 Å². The summed E-state index contributed by atoms with van der Waals surface area (Å²) in [5.41, 5.74) is 4.89. The smallest absolute Gasteiger partial charge is 0.167 e. The summed E-state index contributed by atoms with van der Waals surface area (Å²) in [7, 11) is 1.61. The molecule has 0 amide bonds. The average Bonchev–Trinajstić information content (AvgIpc) is 2.96. The van der Waals surface area contributed by atoms with Gasteiger partial charge in [-0.3, -0.25) is 10.7 Å². The number of methoxy groups -OCH3 is 1. The molecular formula is C16H14N2O3. The molecule has 0 aliphatic heterocycles. The van der Waals surface area contributed by atoms with Gasteiger partial charge in [-0.15, -0.1) is 0 Å². The first-order chi connectivity index (χ1) is 10.3. The number of hydrogen-bond donors (Lipinski definition) is 2. The van der Waals surface area contributed by atoms with E-state index < -0.39 is 0 Å². The number of hydrogen-bond acceptors (Lipinski definition) is 5. The number of rotatable bonds is 4. The van der Waals surface area contributed by atoms with Crippen molar-refractivity contribution in [3.8, 4) is 5.75 Å². The first kappa shape index (κ1) is 13.2. The van der Waals surface area contributed by atoms with Gasteiger partial charge in [-0.05, 0) is 42.5 Å². The van der Waals surface area contributed by atoms with Crippen molar-refractivity contribution in [1.82, 2.24) is 10.6 Å². The lowest BCUT2D eigenvalue weighted by atomic mass is 10.1. The molecule has 3 rings (SSSR count). The molecule has 106 valence electrons. The largest absolute Gasteiger partial charge is 0.497 e. The number of hydroxylamine groups is 1. The summed E-state index contributed by atoms with van der Waals surface area (Å²) >= 11 is 0. The Balaban J connectivity index is 2.01. The van der Waals surface area contributed by atoms with E-state index in [2.05, 4.69) is 10.6 Å². The van der Waals surface area contributed by atoms with Crippen molar-refractivity contribution in [3.05, 3.63) is 59.8 Å². The molecular weight excluding hydrogens is 268 g/mol. The van der Waals surface area contributed by atoms with Crippen LogP contribution in [-0.4, -0.2) is 17.5 Å². The molecule has 0 saturated heterocycles. The number of nitrogens with zero attached hydrogens (tertiary/aromatic N) is 1. The van der Waals surface area contributed by atoms with Crippen molar-refractivity contribution in [3.63, 3.8) is 0 Å². The minimum Gasteiger partial charge on any atom is -0.497 e. The molecule has 0 aliphatic carbocycles. The second-order valence-corrected chi connectivity index (χ2v) is 4.46. The molecule has 0 saturated carbocycles. The van der Waals surface area contributed by atoms with E-state index in [4.69, 9.17) is 9.26 Å². The maximum absolute atomic E-state index is 9.37. The van der Waals surface area contributed by atoms with Crippen molar-refractivity contribution in [2.45, 2.75) is 0 Å². The SMILES string of the molecule is COc1ccc(/C(=C/c2noc3ccccc23)NO)cc1. The van der Waals surface area contributed by atoms with E-state index in [0.29, 0.717) is 17.0 Å². The zero-order chi connectivity index (χ0) is 14.7. The molecule has 2 aromatic carbocycles. The third-order valence-electron chi connectivity index (χ3n) is 3.21. The molecule has 0 spiro atoms. The lowest BCUT2D eigenvalue weighted by Crippen LogP contribution is -2.05. The van der Waals surface area contributed by atoms with Crippen LogP contribution in [0.15, 0.2) is 53.1 Å². The summed E-state index contributed by atoms with van der Waals surface area (Å²) in [5.74, 6) is 0.753. The highest BCUT2D eigenvalue weighted by Crippen LogP contribution is 2.23. The van der Waals surface area contributed by atoms with E-state index in [1.165, 1.54) is 0 Å². The fraction of sp³-hybridized carbons (Fsp3) is 0.0625. The minimum absolute atomic E-state index is 0.525. The van der Waals surface area contributed by atoms with Gasteiger partial charge in [-0.2, -0.15) is 0 Å². The van der Waals surface area contributed by atoms with Crippen LogP contribution in [0.3, 0.4) is 0 Å². The van der Waals surface area contributed by atoms with E-state index in [-0.39, 0.29) is 0 Å². The third-order valence-corrected chi connectivity index (χ3v) is 3.21. The average molecular weight is 282 g/mol. The summed E-state index contributed by atoms with van der Waals surface area (Å²) in [5, 5.41) is 14.3. The summed E-state index contributed by atoms with van der Waals surface area (Å²) in [6.07, 6.45) is 1.73. The number of nitrogens with one attached hydrogen (secondary N) is 1. The molecule has 2 N–H and O–H groups in total. The molecule has 0 bridgehead atoms. The molecule has 0 unspecified atom stereocenters. The van der Waals surface area contributed by atoms with Gasteiger partial charge in [-0.1, -0.05) is 17.3 Å². The lowest BCUT2D eigenvalue weighted by Gasteiger charge is -2.06. The van der Waals surface area contributed by atoms with Crippen LogP contribution in [0.1, 0.15) is 11.3 Å². The van der Waals surface area contributed by atoms with Gasteiger partial charge in [-0.25, -0.2) is 0 Å². The third kappa shape index (κ3) is 2.59. The fourth-order valence-electron chi connectivity index (χ4n) is 2.10. The molecule has 1 aromatic heterocycles. The Bertz CT molecular complexity index is 776. The highest BCUT2D eigenvalue weighted by molar-refractivity contribution is 5.90. The van der Waals surface area contributed by atoms with Gasteiger partial charge in [0, 0.05) is 10.9 Å². The Kier molecular flexibility index (Phi) is 3.57. The van der Waals surface area contributed by atoms with Crippen LogP contribution in [0.2, 0.25) is 0 Å². The highest BCUT2D eigenvalue weighted by atomic mass is 16.5. The highest BCUT2D eigenvalue weighted by Gasteiger charge is 2.08. The summed E-state index contributed by atoms with van der Waals surface area (Å²) in [6, 6.07) is 14.9. The number of aromatic nitrogens is 1. The second-order valence-electron chi connectivity index (χ2n) is 4.46. The Morgan fingerprint density at radius 1 is 1.19 bits per heavy atom. The standard InChI is InChI=1S/C16H14N2O3/c1-20-12-8-6-11(7-9-12)14(17-19)10-15-13-4-2-3-5-16(13)21-18-15/h2-10,17,19H,1H3/b14-10-. The number of ether oxygens (including phenoxy) is 1. The molecule has 3 aromatic rings. The van der Waals surface area contributed by atoms with Crippen LogP contribution >= 0.6 is 0 Å². The van der Waals surface area contributed by atoms with Gasteiger partial charge in [0.15, 0.2) is 5.58 Å². The summed E-state index contributed by atoms with van der Waals surface area (Å²) < 4.78 is 10.4. The van der Waals surface area contributed by atoms with E-state index in [0.717, 1.165) is 16.7 Å². The van der Waals surface area contributed by atoms with Crippen molar-refractivity contribution in [2.24, 2.45) is 0 Å². The van der Waals surface area contributed by atoms with Gasteiger partial charge in [0.05, 0.1) is 12.8 Å². The van der Waals surface area contributed by atoms with Crippen LogP contribution in [0, 0.1) is 0 Å². The number of para-hydroxylation sites is 1. The lowest BCUT2D eigenvalue weighted by molar-refractivity contribution is 0.225. The maximum atomic E-state index is 9.37. The van der Waals surface area contributed by atoms with Gasteiger partial charge in [0.2, 0.25) is 0 Å². The van der Waals surface area contributed by atoms with E-state index >= 15 is 0 Å². The molecule has 0 aliphatic rings. The van der Waals surface area contributed by atoms with Crippen LogP contribution in [0.5, 0.6) is 5.75 Å². The summed E-state index contributed by atoms with van der Waals surface area (Å²) in [6.45, 7) is 0. The first-order valence-electron chi connectivity index (χ1n) is 6.42. The molecule has 21 heavy (non-hydrogen) atoms. The Morgan fingerprint density at radius 2 is 1.95 bits per heavy atom. The van der Waals surface area contributed by atoms with Crippen molar-refractivity contribution >= 4 is 22.7 Å². The summed E-state index contributed by atoms with van der Waals surface area (Å²) in [4.78, 5) is 0. The zero-order valence-electron chi connectivity index (χ0n) is 11.4. The normalized spacial score (nSPS) is 11.6. The Hall–Kier alpha value is -2.79. The maximum Gasteiger partial charge on any atom is 0.167 e. The van der Waals surface area contributed by atoms with Crippen LogP contribution in [0.25, 0.3) is 22.7 Å². The van der Waals surface area contributed by atoms with E-state index in [1.807, 2.05) is 48.5 Å². The van der Waals surface area contributed by atoms with Crippen molar-refractivity contribution in [1.29, 1.82) is 0 Å². The monoisotopic (exact) mass is 282 g/mol. The van der Waals surface area contributed by atoms with Gasteiger partial charge < -0.3 is 9.26 Å². The second kappa shape index (κ2) is 5.68. The molecule has 0 atom stereocenters. The van der Waals surface area contributed by atoms with E-state index in [9.17, 15) is 5.21 Å².